The number of Topliss-reactive ketones (excluding diaryl/α,β-unsaturated/α-hetero) is 1. The topological polar surface area (TPSA) is 69.7 Å². The lowest BCUT2D eigenvalue weighted by Gasteiger charge is -2.12. The van der Waals surface area contributed by atoms with E-state index in [-0.39, 0.29) is 23.9 Å². The van der Waals surface area contributed by atoms with Gasteiger partial charge in [-0.3, -0.25) is 9.59 Å². The standard InChI is InChI=1S/C28H26O5/c1-4-6-23-17-22(26(30)16-20-9-12-25(13-10-20)32-19(2)3)11-14-27(23)33-28(31)24-8-5-7-21(15-24)18-29/h4-5,7-15,17-19H,1,6,16H2,2-3H3. The third-order valence-corrected chi connectivity index (χ3v) is 4.87. The van der Waals surface area contributed by atoms with Crippen LogP contribution < -0.4 is 9.47 Å². The molecule has 0 amide bonds. The molecule has 3 aromatic rings. The molecule has 33 heavy (non-hydrogen) atoms. The van der Waals surface area contributed by atoms with Crippen LogP contribution in [0.2, 0.25) is 0 Å². The van der Waals surface area contributed by atoms with Gasteiger partial charge in [-0.1, -0.05) is 30.3 Å². The minimum atomic E-state index is -0.577. The van der Waals surface area contributed by atoms with Crippen molar-refractivity contribution >= 4 is 18.0 Å². The van der Waals surface area contributed by atoms with Crippen molar-refractivity contribution in [1.29, 1.82) is 0 Å². The summed E-state index contributed by atoms with van der Waals surface area (Å²) in [6, 6.07) is 18.7. The summed E-state index contributed by atoms with van der Waals surface area (Å²) in [5, 5.41) is 0. The van der Waals surface area contributed by atoms with Crippen LogP contribution in [0.4, 0.5) is 0 Å². The molecule has 0 aromatic heterocycles. The Morgan fingerprint density at radius 1 is 0.970 bits per heavy atom. The van der Waals surface area contributed by atoms with Crippen molar-refractivity contribution in [3.8, 4) is 11.5 Å². The maximum atomic E-state index is 12.9. The van der Waals surface area contributed by atoms with Gasteiger partial charge in [0.05, 0.1) is 11.7 Å². The first-order valence-corrected chi connectivity index (χ1v) is 10.7. The largest absolute Gasteiger partial charge is 0.491 e. The van der Waals surface area contributed by atoms with Gasteiger partial charge >= 0.3 is 5.97 Å². The fourth-order valence-electron chi connectivity index (χ4n) is 3.31. The Labute approximate surface area is 193 Å². The molecular weight excluding hydrogens is 416 g/mol. The number of carbonyl (C=O) groups is 3. The minimum Gasteiger partial charge on any atom is -0.491 e. The highest BCUT2D eigenvalue weighted by atomic mass is 16.5. The van der Waals surface area contributed by atoms with Gasteiger partial charge in [-0.2, -0.15) is 0 Å². The Morgan fingerprint density at radius 3 is 2.39 bits per heavy atom. The number of rotatable bonds is 10. The smallest absolute Gasteiger partial charge is 0.343 e. The first-order chi connectivity index (χ1) is 15.9. The van der Waals surface area contributed by atoms with Crippen LogP contribution in [-0.4, -0.2) is 24.1 Å². The summed E-state index contributed by atoms with van der Waals surface area (Å²) < 4.78 is 11.2. The third kappa shape index (κ3) is 6.50. The first kappa shape index (κ1) is 23.7. The fourth-order valence-corrected chi connectivity index (χ4v) is 3.31. The molecule has 0 unspecified atom stereocenters. The lowest BCUT2D eigenvalue weighted by atomic mass is 9.99. The molecule has 0 fully saturated rings. The molecule has 5 heteroatoms. The van der Waals surface area contributed by atoms with Crippen LogP contribution in [0.5, 0.6) is 11.5 Å². The minimum absolute atomic E-state index is 0.0469. The molecule has 0 spiro atoms. The molecule has 5 nitrogen and oxygen atoms in total. The molecule has 0 atom stereocenters. The molecular formula is C28H26O5. The highest BCUT2D eigenvalue weighted by Gasteiger charge is 2.15. The van der Waals surface area contributed by atoms with Crippen molar-refractivity contribution < 1.29 is 23.9 Å². The van der Waals surface area contributed by atoms with Gasteiger partial charge in [-0.15, -0.1) is 6.58 Å². The van der Waals surface area contributed by atoms with Crippen molar-refractivity contribution in [2.24, 2.45) is 0 Å². The van der Waals surface area contributed by atoms with Crippen molar-refractivity contribution in [2.75, 3.05) is 0 Å². The van der Waals surface area contributed by atoms with Gasteiger partial charge in [0.25, 0.3) is 0 Å². The Balaban J connectivity index is 1.75. The van der Waals surface area contributed by atoms with Crippen LogP contribution >= 0.6 is 0 Å². The number of hydrogen-bond acceptors (Lipinski definition) is 5. The summed E-state index contributed by atoms with van der Waals surface area (Å²) in [5.41, 5.74) is 2.75. The van der Waals surface area contributed by atoms with Crippen LogP contribution in [0, 0.1) is 0 Å². The molecule has 0 radical (unpaired) electrons. The second-order valence-corrected chi connectivity index (χ2v) is 7.86. The maximum absolute atomic E-state index is 12.9. The normalized spacial score (nSPS) is 10.5. The number of allylic oxidation sites excluding steroid dienone is 1. The van der Waals surface area contributed by atoms with E-state index in [1.54, 1.807) is 42.5 Å². The number of aldehydes is 1. The van der Waals surface area contributed by atoms with Crippen molar-refractivity contribution in [3.05, 3.63) is 107 Å². The van der Waals surface area contributed by atoms with Crippen LogP contribution in [0.15, 0.2) is 79.4 Å². The van der Waals surface area contributed by atoms with Gasteiger partial charge < -0.3 is 9.47 Å². The van der Waals surface area contributed by atoms with Gasteiger partial charge in [0.2, 0.25) is 0 Å². The predicted octanol–water partition coefficient (Wildman–Crippen LogP) is 5.66. The van der Waals surface area contributed by atoms with Gasteiger partial charge in [0, 0.05) is 17.5 Å². The Morgan fingerprint density at radius 2 is 1.73 bits per heavy atom. The zero-order valence-corrected chi connectivity index (χ0v) is 18.7. The van der Waals surface area contributed by atoms with Gasteiger partial charge in [0.1, 0.15) is 17.8 Å². The van der Waals surface area contributed by atoms with E-state index >= 15 is 0 Å². The predicted molar refractivity (Wildman–Crippen MR) is 127 cm³/mol. The summed E-state index contributed by atoms with van der Waals surface area (Å²) in [6.45, 7) is 7.67. The second kappa shape index (κ2) is 11.0. The van der Waals surface area contributed by atoms with E-state index in [0.717, 1.165) is 11.3 Å². The zero-order chi connectivity index (χ0) is 23.8. The molecule has 0 saturated carbocycles. The van der Waals surface area contributed by atoms with Crippen LogP contribution in [0.3, 0.4) is 0 Å². The lowest BCUT2D eigenvalue weighted by Crippen LogP contribution is -2.11. The highest BCUT2D eigenvalue weighted by molar-refractivity contribution is 5.98. The second-order valence-electron chi connectivity index (χ2n) is 7.86. The molecule has 0 aliphatic carbocycles. The monoisotopic (exact) mass is 442 g/mol. The number of ketones is 1. The van der Waals surface area contributed by atoms with E-state index in [0.29, 0.717) is 35.1 Å². The molecule has 0 bridgehead atoms. The summed E-state index contributed by atoms with van der Waals surface area (Å²) >= 11 is 0. The highest BCUT2D eigenvalue weighted by Crippen LogP contribution is 2.24. The van der Waals surface area contributed by atoms with E-state index in [2.05, 4.69) is 6.58 Å². The Bertz CT molecular complexity index is 1160. The van der Waals surface area contributed by atoms with E-state index in [1.165, 1.54) is 6.07 Å². The molecule has 0 saturated heterocycles. The average Bonchev–Trinajstić information content (AvgIpc) is 2.81. The van der Waals surface area contributed by atoms with Crippen LogP contribution in [0.25, 0.3) is 0 Å². The molecule has 168 valence electrons. The number of hydrogen-bond donors (Lipinski definition) is 0. The third-order valence-electron chi connectivity index (χ3n) is 4.87. The van der Waals surface area contributed by atoms with Crippen LogP contribution in [-0.2, 0) is 12.8 Å². The molecule has 0 N–H and O–H groups in total. The Hall–Kier alpha value is -3.99. The first-order valence-electron chi connectivity index (χ1n) is 10.7. The zero-order valence-electron chi connectivity index (χ0n) is 18.7. The van der Waals surface area contributed by atoms with Crippen molar-refractivity contribution in [1.82, 2.24) is 0 Å². The number of esters is 1. The van der Waals surface area contributed by atoms with Gasteiger partial charge in [0.15, 0.2) is 5.78 Å². The van der Waals surface area contributed by atoms with Gasteiger partial charge in [-0.25, -0.2) is 4.79 Å². The van der Waals surface area contributed by atoms with Crippen LogP contribution in [0.1, 0.15) is 56.0 Å². The SMILES string of the molecule is C=CCc1cc(C(=O)Cc2ccc(OC(C)C)cc2)ccc1OC(=O)c1cccc(C=O)c1. The van der Waals surface area contributed by atoms with E-state index in [4.69, 9.17) is 9.47 Å². The molecule has 0 aliphatic heterocycles. The van der Waals surface area contributed by atoms with Crippen molar-refractivity contribution in [2.45, 2.75) is 32.8 Å². The summed E-state index contributed by atoms with van der Waals surface area (Å²) in [7, 11) is 0. The molecule has 0 aliphatic rings. The average molecular weight is 443 g/mol. The van der Waals surface area contributed by atoms with E-state index < -0.39 is 5.97 Å². The van der Waals surface area contributed by atoms with E-state index in [9.17, 15) is 14.4 Å². The number of carbonyl (C=O) groups excluding carboxylic acids is 3. The Kier molecular flexibility index (Phi) is 7.92. The summed E-state index contributed by atoms with van der Waals surface area (Å²) in [6.07, 6.45) is 3.11. The summed E-state index contributed by atoms with van der Waals surface area (Å²) in [5.74, 6) is 0.489. The van der Waals surface area contributed by atoms with Gasteiger partial charge in [-0.05, 0) is 73.9 Å². The summed E-state index contributed by atoms with van der Waals surface area (Å²) in [4.78, 5) is 36.4. The quantitative estimate of drug-likeness (QED) is 0.133. The lowest BCUT2D eigenvalue weighted by molar-refractivity contribution is 0.0733. The molecule has 3 rings (SSSR count). The molecule has 3 aromatic carbocycles. The number of ether oxygens (including phenoxy) is 2. The maximum Gasteiger partial charge on any atom is 0.343 e. The fraction of sp³-hybridized carbons (Fsp3) is 0.179. The van der Waals surface area contributed by atoms with Crippen molar-refractivity contribution in [3.63, 3.8) is 0 Å². The number of benzene rings is 3. The van der Waals surface area contributed by atoms with E-state index in [1.807, 2.05) is 38.1 Å². The molecule has 0 heterocycles.